The summed E-state index contributed by atoms with van der Waals surface area (Å²) < 4.78 is 0. The van der Waals surface area contributed by atoms with Crippen LogP contribution in [0.4, 0.5) is 0 Å². The van der Waals surface area contributed by atoms with Crippen LogP contribution in [0, 0.1) is 10.1 Å². The van der Waals surface area contributed by atoms with Crippen LogP contribution in [0.15, 0.2) is 28.4 Å². The second kappa shape index (κ2) is 3.69. The van der Waals surface area contributed by atoms with E-state index < -0.39 is 11.0 Å². The van der Waals surface area contributed by atoms with Crippen molar-refractivity contribution in [3.63, 3.8) is 0 Å². The van der Waals surface area contributed by atoms with Crippen LogP contribution >= 0.6 is 23.2 Å². The highest BCUT2D eigenvalue weighted by Gasteiger charge is 2.24. The van der Waals surface area contributed by atoms with Gasteiger partial charge < -0.3 is 0 Å². The van der Waals surface area contributed by atoms with E-state index in [0.717, 1.165) is 0 Å². The largest absolute Gasteiger partial charge is 0.285 e. The van der Waals surface area contributed by atoms with E-state index in [1.807, 2.05) is 0 Å². The van der Waals surface area contributed by atoms with Crippen LogP contribution in [-0.4, -0.2) is 16.1 Å². The van der Waals surface area contributed by atoms with Gasteiger partial charge in [0, 0.05) is 22.2 Å². The van der Waals surface area contributed by atoms with E-state index in [4.69, 9.17) is 23.2 Å². The molecule has 1 atom stereocenters. The second-order valence-electron chi connectivity index (χ2n) is 2.05. The van der Waals surface area contributed by atoms with E-state index in [2.05, 4.69) is 4.99 Å². The number of nitro groups is 1. The zero-order valence-electron chi connectivity index (χ0n) is 5.78. The molecule has 1 unspecified atom stereocenters. The molecule has 0 saturated heterocycles. The van der Waals surface area contributed by atoms with Crippen LogP contribution in [0.2, 0.25) is 0 Å². The number of hydrogen-bond donors (Lipinski definition) is 0. The molecule has 1 rings (SSSR count). The number of aliphatic imine (C=N–C) groups is 1. The van der Waals surface area contributed by atoms with Crippen LogP contribution in [0.5, 0.6) is 0 Å². The number of hydrogen-bond acceptors (Lipinski definition) is 3. The minimum atomic E-state index is -1.13. The van der Waals surface area contributed by atoms with Gasteiger partial charge in [0.05, 0.1) is 0 Å². The number of halogens is 2. The Morgan fingerprint density at radius 1 is 1.58 bits per heavy atom. The normalized spacial score (nSPS) is 22.7. The lowest BCUT2D eigenvalue weighted by atomic mass is 10.3. The number of nitrogens with zero attached hydrogens (tertiary/aromatic N) is 2. The summed E-state index contributed by atoms with van der Waals surface area (Å²) in [6.07, 6.45) is 4.00. The molecule has 12 heavy (non-hydrogen) atoms. The highest BCUT2D eigenvalue weighted by atomic mass is 35.5. The lowest BCUT2D eigenvalue weighted by Gasteiger charge is -1.99. The van der Waals surface area contributed by atoms with E-state index in [1.54, 1.807) is 0 Å². The van der Waals surface area contributed by atoms with Crippen LogP contribution in [-0.2, 0) is 0 Å². The molecule has 64 valence electrons. The Labute approximate surface area is 78.3 Å². The van der Waals surface area contributed by atoms with Gasteiger partial charge in [-0.25, -0.2) is 4.99 Å². The third-order valence-corrected chi connectivity index (χ3v) is 1.79. The fourth-order valence-electron chi connectivity index (χ4n) is 0.679. The molecular weight excluding hydrogens is 203 g/mol. The lowest BCUT2D eigenvalue weighted by molar-refractivity contribution is -0.489. The molecule has 0 aliphatic carbocycles. The van der Waals surface area contributed by atoms with Crippen molar-refractivity contribution in [1.29, 1.82) is 0 Å². The molecule has 6 heteroatoms. The first-order chi connectivity index (χ1) is 5.61. The summed E-state index contributed by atoms with van der Waals surface area (Å²) in [4.78, 5) is 13.4. The molecule has 1 heterocycles. The monoisotopic (exact) mass is 206 g/mol. The van der Waals surface area contributed by atoms with E-state index in [-0.39, 0.29) is 10.2 Å². The predicted octanol–water partition coefficient (Wildman–Crippen LogP) is 1.92. The smallest absolute Gasteiger partial charge is 0.263 e. The van der Waals surface area contributed by atoms with Crippen molar-refractivity contribution < 1.29 is 4.92 Å². The van der Waals surface area contributed by atoms with Crippen molar-refractivity contribution in [1.82, 2.24) is 0 Å². The highest BCUT2D eigenvalue weighted by molar-refractivity contribution is 6.66. The van der Waals surface area contributed by atoms with E-state index in [9.17, 15) is 10.1 Å². The van der Waals surface area contributed by atoms with Crippen LogP contribution in [0.3, 0.4) is 0 Å². The van der Waals surface area contributed by atoms with Gasteiger partial charge in [-0.3, -0.25) is 10.1 Å². The second-order valence-corrected chi connectivity index (χ2v) is 2.87. The highest BCUT2D eigenvalue weighted by Crippen LogP contribution is 2.13. The summed E-state index contributed by atoms with van der Waals surface area (Å²) in [5.41, 5.74) is 0. The molecule has 0 aromatic heterocycles. The minimum absolute atomic E-state index is 0.0908. The molecule has 0 saturated carbocycles. The van der Waals surface area contributed by atoms with Crippen molar-refractivity contribution in [2.45, 2.75) is 6.04 Å². The first-order valence-electron chi connectivity index (χ1n) is 3.02. The molecule has 4 nitrogen and oxygen atoms in total. The SMILES string of the molecule is O=[N+]([O-])C1C=C(Cl)C=CN=C1Cl. The number of rotatable bonds is 1. The maximum absolute atomic E-state index is 10.4. The van der Waals surface area contributed by atoms with Crippen molar-refractivity contribution >= 4 is 28.4 Å². The van der Waals surface area contributed by atoms with Crippen LogP contribution < -0.4 is 0 Å². The lowest BCUT2D eigenvalue weighted by Crippen LogP contribution is -2.23. The zero-order chi connectivity index (χ0) is 9.14. The Kier molecular flexibility index (Phi) is 2.83. The first-order valence-corrected chi connectivity index (χ1v) is 3.77. The van der Waals surface area contributed by atoms with Crippen molar-refractivity contribution in [3.05, 3.63) is 33.5 Å². The summed E-state index contributed by atoms with van der Waals surface area (Å²) in [7, 11) is 0. The molecular formula is C6H4Cl2N2O2. The van der Waals surface area contributed by atoms with Gasteiger partial charge >= 0.3 is 0 Å². The standard InChI is InChI=1S/C6H4Cl2N2O2/c7-4-1-2-9-6(8)5(3-4)10(11)12/h1-3,5H. The quantitative estimate of drug-likeness (QED) is 0.487. The maximum Gasteiger partial charge on any atom is 0.285 e. The first kappa shape index (κ1) is 9.22. The molecule has 0 amide bonds. The van der Waals surface area contributed by atoms with Gasteiger partial charge in [0.1, 0.15) is 0 Å². The Bertz CT molecular complexity index is 296. The Hall–Kier alpha value is -0.870. The van der Waals surface area contributed by atoms with Crippen LogP contribution in [0.1, 0.15) is 0 Å². The number of allylic oxidation sites excluding steroid dienone is 2. The van der Waals surface area contributed by atoms with Gasteiger partial charge in [0.25, 0.3) is 6.04 Å². The summed E-state index contributed by atoms with van der Waals surface area (Å²) in [5, 5.41) is 10.5. The van der Waals surface area contributed by atoms with Crippen molar-refractivity contribution in [2.24, 2.45) is 4.99 Å². The zero-order valence-corrected chi connectivity index (χ0v) is 7.29. The molecule has 0 aromatic rings. The summed E-state index contributed by atoms with van der Waals surface area (Å²) in [6, 6.07) is -1.13. The summed E-state index contributed by atoms with van der Waals surface area (Å²) in [6.45, 7) is 0. The van der Waals surface area contributed by atoms with Gasteiger partial charge in [0.2, 0.25) is 0 Å². The molecule has 0 N–H and O–H groups in total. The fraction of sp³-hybridized carbons (Fsp3) is 0.167. The Balaban J connectivity index is 2.99. The van der Waals surface area contributed by atoms with Gasteiger partial charge in [0.15, 0.2) is 5.17 Å². The Morgan fingerprint density at radius 3 is 2.83 bits per heavy atom. The minimum Gasteiger partial charge on any atom is -0.263 e. The molecule has 0 spiro atoms. The molecule has 1 aliphatic heterocycles. The van der Waals surface area contributed by atoms with E-state index >= 15 is 0 Å². The van der Waals surface area contributed by atoms with Crippen molar-refractivity contribution in [2.75, 3.05) is 0 Å². The van der Waals surface area contributed by atoms with Crippen molar-refractivity contribution in [3.8, 4) is 0 Å². The van der Waals surface area contributed by atoms with Gasteiger partial charge in [-0.15, -0.1) is 0 Å². The summed E-state index contributed by atoms with van der Waals surface area (Å²) in [5.74, 6) is 0. The van der Waals surface area contributed by atoms with Gasteiger partial charge in [-0.05, 0) is 6.08 Å². The average Bonchev–Trinajstić information content (AvgIpc) is 2.13. The molecule has 1 aliphatic rings. The predicted molar refractivity (Wildman–Crippen MR) is 47.1 cm³/mol. The molecule has 0 bridgehead atoms. The summed E-state index contributed by atoms with van der Waals surface area (Å²) >= 11 is 11.1. The average molecular weight is 207 g/mol. The topological polar surface area (TPSA) is 55.5 Å². The fourth-order valence-corrected chi connectivity index (χ4v) is 1.05. The Morgan fingerprint density at radius 2 is 2.25 bits per heavy atom. The third kappa shape index (κ3) is 2.06. The molecule has 0 fully saturated rings. The maximum atomic E-state index is 10.4. The molecule has 0 aromatic carbocycles. The van der Waals surface area contributed by atoms with E-state index in [1.165, 1.54) is 18.4 Å². The van der Waals surface area contributed by atoms with Gasteiger partial charge in [-0.1, -0.05) is 23.2 Å². The third-order valence-electron chi connectivity index (χ3n) is 1.22. The van der Waals surface area contributed by atoms with E-state index in [0.29, 0.717) is 0 Å². The van der Waals surface area contributed by atoms with Gasteiger partial charge in [-0.2, -0.15) is 0 Å². The van der Waals surface area contributed by atoms with Crippen LogP contribution in [0.25, 0.3) is 0 Å². The molecule has 0 radical (unpaired) electrons.